The number of rotatable bonds is 4. The van der Waals surface area contributed by atoms with Crippen LogP contribution in [0.5, 0.6) is 11.5 Å². The van der Waals surface area contributed by atoms with Crippen LogP contribution in [0.3, 0.4) is 0 Å². The van der Waals surface area contributed by atoms with Crippen LogP contribution in [-0.4, -0.2) is 23.7 Å². The van der Waals surface area contributed by atoms with E-state index in [4.69, 9.17) is 9.47 Å². The van der Waals surface area contributed by atoms with Crippen molar-refractivity contribution in [2.45, 2.75) is 26.7 Å². The Labute approximate surface area is 107 Å². The quantitative estimate of drug-likeness (QED) is 0.831. The molecule has 0 spiro atoms. The lowest BCUT2D eigenvalue weighted by Gasteiger charge is -2.13. The highest BCUT2D eigenvalue weighted by atomic mass is 16.5. The van der Waals surface area contributed by atoms with Crippen molar-refractivity contribution in [1.82, 2.24) is 9.97 Å². The first-order valence-electron chi connectivity index (χ1n) is 6.12. The fraction of sp³-hybridized carbons (Fsp3) is 0.429. The molecule has 0 atom stereocenters. The smallest absolute Gasteiger partial charge is 0.162 e. The number of ether oxygens (including phenoxy) is 2. The van der Waals surface area contributed by atoms with Crippen LogP contribution in [-0.2, 0) is 0 Å². The van der Waals surface area contributed by atoms with Crippen LogP contribution >= 0.6 is 0 Å². The number of benzene rings is 1. The Hall–Kier alpha value is -1.84. The lowest BCUT2D eigenvalue weighted by Crippen LogP contribution is -1.99. The van der Waals surface area contributed by atoms with Crippen LogP contribution in [0.2, 0.25) is 0 Å². The summed E-state index contributed by atoms with van der Waals surface area (Å²) < 4.78 is 10.9. The number of aromatic nitrogens is 2. The third-order valence-corrected chi connectivity index (χ3v) is 2.80. The van der Waals surface area contributed by atoms with E-state index in [1.165, 1.54) is 0 Å². The largest absolute Gasteiger partial charge is 0.493 e. The van der Waals surface area contributed by atoms with E-state index in [0.717, 1.165) is 22.3 Å². The second kappa shape index (κ2) is 5.21. The van der Waals surface area contributed by atoms with Crippen molar-refractivity contribution in [2.75, 3.05) is 13.7 Å². The fourth-order valence-electron chi connectivity index (χ4n) is 1.97. The van der Waals surface area contributed by atoms with E-state index in [1.807, 2.05) is 19.1 Å². The average Bonchev–Trinajstić information content (AvgIpc) is 2.37. The number of hydrogen-bond donors (Lipinski definition) is 0. The maximum atomic E-state index is 5.59. The molecule has 96 valence electrons. The summed E-state index contributed by atoms with van der Waals surface area (Å²) in [4.78, 5) is 8.64. The zero-order chi connectivity index (χ0) is 13.1. The Morgan fingerprint density at radius 3 is 2.56 bits per heavy atom. The zero-order valence-electron chi connectivity index (χ0n) is 11.2. The van der Waals surface area contributed by atoms with Gasteiger partial charge in [-0.1, -0.05) is 13.8 Å². The van der Waals surface area contributed by atoms with Crippen LogP contribution in [0.25, 0.3) is 10.9 Å². The van der Waals surface area contributed by atoms with Crippen molar-refractivity contribution in [3.8, 4) is 11.5 Å². The number of methoxy groups -OCH3 is 1. The minimum atomic E-state index is 0.346. The molecule has 0 amide bonds. The van der Waals surface area contributed by atoms with E-state index < -0.39 is 0 Å². The maximum Gasteiger partial charge on any atom is 0.162 e. The van der Waals surface area contributed by atoms with Crippen LogP contribution in [0, 0.1) is 0 Å². The molecule has 4 nitrogen and oxygen atoms in total. The highest BCUT2D eigenvalue weighted by Crippen LogP contribution is 2.33. The number of nitrogens with zero attached hydrogens (tertiary/aromatic N) is 2. The molecule has 0 radical (unpaired) electrons. The summed E-state index contributed by atoms with van der Waals surface area (Å²) in [6, 6.07) is 3.86. The first kappa shape index (κ1) is 12.6. The maximum absolute atomic E-state index is 5.59. The summed E-state index contributed by atoms with van der Waals surface area (Å²) in [5.74, 6) is 1.79. The first-order valence-corrected chi connectivity index (χ1v) is 6.12. The van der Waals surface area contributed by atoms with Gasteiger partial charge in [0.1, 0.15) is 6.33 Å². The Morgan fingerprint density at radius 1 is 1.17 bits per heavy atom. The van der Waals surface area contributed by atoms with Gasteiger partial charge in [-0.2, -0.15) is 0 Å². The van der Waals surface area contributed by atoms with Gasteiger partial charge in [-0.25, -0.2) is 9.97 Å². The van der Waals surface area contributed by atoms with E-state index >= 15 is 0 Å². The summed E-state index contributed by atoms with van der Waals surface area (Å²) in [7, 11) is 1.63. The topological polar surface area (TPSA) is 44.2 Å². The Bertz CT molecular complexity index is 553. The summed E-state index contributed by atoms with van der Waals surface area (Å²) in [5, 5.41) is 1.02. The van der Waals surface area contributed by atoms with Crippen molar-refractivity contribution in [1.29, 1.82) is 0 Å². The Kier molecular flexibility index (Phi) is 3.65. The van der Waals surface area contributed by atoms with Crippen LogP contribution in [0.15, 0.2) is 18.5 Å². The predicted molar refractivity (Wildman–Crippen MR) is 71.3 cm³/mol. The second-order valence-electron chi connectivity index (χ2n) is 4.37. The monoisotopic (exact) mass is 246 g/mol. The van der Waals surface area contributed by atoms with E-state index in [-0.39, 0.29) is 0 Å². The molecule has 0 N–H and O–H groups in total. The average molecular weight is 246 g/mol. The van der Waals surface area contributed by atoms with Crippen molar-refractivity contribution in [3.05, 3.63) is 24.2 Å². The highest BCUT2D eigenvalue weighted by Gasteiger charge is 2.12. The molecule has 0 saturated carbocycles. The molecule has 0 aliphatic carbocycles. The molecule has 4 heteroatoms. The second-order valence-corrected chi connectivity index (χ2v) is 4.37. The number of hydrogen-bond acceptors (Lipinski definition) is 4. The lowest BCUT2D eigenvalue weighted by molar-refractivity contribution is 0.311. The molecule has 1 heterocycles. The van der Waals surface area contributed by atoms with Crippen LogP contribution in [0.1, 0.15) is 32.4 Å². The van der Waals surface area contributed by atoms with Crippen molar-refractivity contribution in [2.24, 2.45) is 0 Å². The van der Waals surface area contributed by atoms with Gasteiger partial charge in [0.15, 0.2) is 11.5 Å². The van der Waals surface area contributed by atoms with Gasteiger partial charge in [0.05, 0.1) is 24.9 Å². The molecule has 0 unspecified atom stereocenters. The molecule has 2 aromatic rings. The lowest BCUT2D eigenvalue weighted by atomic mass is 10.0. The van der Waals surface area contributed by atoms with Gasteiger partial charge in [-0.3, -0.25) is 0 Å². The van der Waals surface area contributed by atoms with Crippen molar-refractivity contribution in [3.63, 3.8) is 0 Å². The molecule has 0 saturated heterocycles. The van der Waals surface area contributed by atoms with Crippen LogP contribution in [0.4, 0.5) is 0 Å². The Morgan fingerprint density at radius 2 is 1.94 bits per heavy atom. The molecule has 0 aliphatic rings. The van der Waals surface area contributed by atoms with Gasteiger partial charge in [0.2, 0.25) is 0 Å². The van der Waals surface area contributed by atoms with E-state index in [1.54, 1.807) is 13.4 Å². The molecular weight excluding hydrogens is 228 g/mol. The molecular formula is C14H18N2O2. The third kappa shape index (κ3) is 2.23. The van der Waals surface area contributed by atoms with E-state index in [2.05, 4.69) is 23.8 Å². The minimum Gasteiger partial charge on any atom is -0.493 e. The first-order chi connectivity index (χ1) is 8.67. The van der Waals surface area contributed by atoms with Crippen molar-refractivity contribution < 1.29 is 9.47 Å². The zero-order valence-corrected chi connectivity index (χ0v) is 11.2. The standard InChI is InChI=1S/C14H18N2O2/c1-5-18-13-6-10-11(7-12(13)17-4)15-8-16-14(10)9(2)3/h6-9H,5H2,1-4H3. The SMILES string of the molecule is CCOc1cc2c(C(C)C)ncnc2cc1OC. The van der Waals surface area contributed by atoms with E-state index in [0.29, 0.717) is 18.3 Å². The fourth-order valence-corrected chi connectivity index (χ4v) is 1.97. The van der Waals surface area contributed by atoms with Gasteiger partial charge >= 0.3 is 0 Å². The minimum absolute atomic E-state index is 0.346. The number of fused-ring (bicyclic) bond motifs is 1. The predicted octanol–water partition coefficient (Wildman–Crippen LogP) is 3.16. The van der Waals surface area contributed by atoms with Crippen molar-refractivity contribution >= 4 is 10.9 Å². The summed E-state index contributed by atoms with van der Waals surface area (Å²) >= 11 is 0. The highest BCUT2D eigenvalue weighted by molar-refractivity contribution is 5.84. The van der Waals surface area contributed by atoms with Gasteiger partial charge in [-0.05, 0) is 18.9 Å². The normalized spacial score (nSPS) is 10.9. The van der Waals surface area contributed by atoms with Gasteiger partial charge in [0.25, 0.3) is 0 Å². The molecule has 1 aromatic heterocycles. The molecule has 18 heavy (non-hydrogen) atoms. The summed E-state index contributed by atoms with van der Waals surface area (Å²) in [6.45, 7) is 6.79. The van der Waals surface area contributed by atoms with Gasteiger partial charge in [-0.15, -0.1) is 0 Å². The summed E-state index contributed by atoms with van der Waals surface area (Å²) in [5.41, 5.74) is 1.91. The van der Waals surface area contributed by atoms with Gasteiger partial charge in [0, 0.05) is 11.5 Å². The molecule has 0 fully saturated rings. The van der Waals surface area contributed by atoms with Gasteiger partial charge < -0.3 is 9.47 Å². The molecule has 1 aromatic carbocycles. The molecule has 0 bridgehead atoms. The Balaban J connectivity index is 2.67. The van der Waals surface area contributed by atoms with Crippen LogP contribution < -0.4 is 9.47 Å². The third-order valence-electron chi connectivity index (χ3n) is 2.80. The molecule has 0 aliphatic heterocycles. The summed E-state index contributed by atoms with van der Waals surface area (Å²) in [6.07, 6.45) is 1.59. The molecule has 2 rings (SSSR count). The van der Waals surface area contributed by atoms with E-state index in [9.17, 15) is 0 Å².